The Balaban J connectivity index is 2.76. The molecule has 1 aliphatic heterocycles. The summed E-state index contributed by atoms with van der Waals surface area (Å²) >= 11 is 0. The van der Waals surface area contributed by atoms with Crippen LogP contribution in [0.5, 0.6) is 0 Å². The van der Waals surface area contributed by atoms with Crippen molar-refractivity contribution >= 4 is 10.0 Å². The minimum atomic E-state index is -3.10. The summed E-state index contributed by atoms with van der Waals surface area (Å²) < 4.78 is 25.9. The average Bonchev–Trinajstić information content (AvgIpc) is 1.99. The SMILES string of the molecule is C[C@H]1CNCCN1S(=O)(=O)CC(C)(C)C. The lowest BCUT2D eigenvalue weighted by Crippen LogP contribution is -2.53. The van der Waals surface area contributed by atoms with Gasteiger partial charge >= 0.3 is 0 Å². The molecule has 5 heteroatoms. The van der Waals surface area contributed by atoms with E-state index in [1.807, 2.05) is 27.7 Å². The van der Waals surface area contributed by atoms with Crippen LogP contribution in [0, 0.1) is 5.41 Å². The van der Waals surface area contributed by atoms with E-state index in [1.165, 1.54) is 0 Å². The summed E-state index contributed by atoms with van der Waals surface area (Å²) in [4.78, 5) is 0. The van der Waals surface area contributed by atoms with E-state index in [-0.39, 0.29) is 17.2 Å². The summed E-state index contributed by atoms with van der Waals surface area (Å²) in [5.41, 5.74) is -0.177. The zero-order chi connectivity index (χ0) is 11.7. The first-order valence-corrected chi connectivity index (χ1v) is 7.03. The van der Waals surface area contributed by atoms with Gasteiger partial charge in [-0.15, -0.1) is 0 Å². The molecule has 1 atom stereocenters. The van der Waals surface area contributed by atoms with Gasteiger partial charge in [0, 0.05) is 25.7 Å². The number of nitrogens with one attached hydrogen (secondary N) is 1. The molecule has 0 bridgehead atoms. The molecular formula is C10H22N2O2S. The molecule has 0 spiro atoms. The zero-order valence-corrected chi connectivity index (χ0v) is 10.9. The van der Waals surface area contributed by atoms with Gasteiger partial charge in [0.25, 0.3) is 0 Å². The normalized spacial score (nSPS) is 25.5. The van der Waals surface area contributed by atoms with Gasteiger partial charge in [-0.2, -0.15) is 4.31 Å². The number of hydrogen-bond acceptors (Lipinski definition) is 3. The lowest BCUT2D eigenvalue weighted by Gasteiger charge is -2.34. The van der Waals surface area contributed by atoms with Crippen molar-refractivity contribution in [1.29, 1.82) is 0 Å². The Labute approximate surface area is 93.1 Å². The monoisotopic (exact) mass is 234 g/mol. The fraction of sp³-hybridized carbons (Fsp3) is 1.00. The predicted molar refractivity (Wildman–Crippen MR) is 62.3 cm³/mol. The van der Waals surface area contributed by atoms with Crippen molar-refractivity contribution in [2.24, 2.45) is 5.41 Å². The molecule has 1 saturated heterocycles. The van der Waals surface area contributed by atoms with Gasteiger partial charge in [-0.25, -0.2) is 8.42 Å². The second-order valence-electron chi connectivity index (χ2n) is 5.48. The molecule has 1 fully saturated rings. The molecular weight excluding hydrogens is 212 g/mol. The van der Waals surface area contributed by atoms with E-state index >= 15 is 0 Å². The number of piperazine rings is 1. The quantitative estimate of drug-likeness (QED) is 0.763. The third-order valence-corrected chi connectivity index (χ3v) is 4.90. The molecule has 0 aliphatic carbocycles. The lowest BCUT2D eigenvalue weighted by atomic mass is 10.0. The smallest absolute Gasteiger partial charge is 0.214 e. The molecule has 1 aliphatic rings. The number of hydrogen-bond donors (Lipinski definition) is 1. The Morgan fingerprint density at radius 2 is 2.00 bits per heavy atom. The number of rotatable bonds is 2. The Morgan fingerprint density at radius 1 is 1.40 bits per heavy atom. The van der Waals surface area contributed by atoms with Gasteiger partial charge in [0.1, 0.15) is 0 Å². The van der Waals surface area contributed by atoms with E-state index in [1.54, 1.807) is 4.31 Å². The predicted octanol–water partition coefficient (Wildman–Crippen LogP) is 0.656. The molecule has 0 aromatic carbocycles. The fourth-order valence-electron chi connectivity index (χ4n) is 1.87. The summed E-state index contributed by atoms with van der Waals surface area (Å²) in [5, 5.41) is 3.19. The number of sulfonamides is 1. The Morgan fingerprint density at radius 3 is 2.47 bits per heavy atom. The van der Waals surface area contributed by atoms with Gasteiger partial charge in [-0.3, -0.25) is 0 Å². The summed E-state index contributed by atoms with van der Waals surface area (Å²) in [7, 11) is -3.10. The highest BCUT2D eigenvalue weighted by Gasteiger charge is 2.32. The molecule has 0 saturated carbocycles. The Hall–Kier alpha value is -0.130. The molecule has 0 amide bonds. The third-order valence-electron chi connectivity index (χ3n) is 2.41. The highest BCUT2D eigenvalue weighted by molar-refractivity contribution is 7.89. The van der Waals surface area contributed by atoms with E-state index in [9.17, 15) is 8.42 Å². The van der Waals surface area contributed by atoms with Crippen molar-refractivity contribution in [1.82, 2.24) is 9.62 Å². The van der Waals surface area contributed by atoms with Crippen LogP contribution in [0.25, 0.3) is 0 Å². The maximum Gasteiger partial charge on any atom is 0.214 e. The molecule has 0 radical (unpaired) electrons. The molecule has 1 N–H and O–H groups in total. The Bertz CT molecular complexity index is 306. The fourth-order valence-corrected chi connectivity index (χ4v) is 4.12. The van der Waals surface area contributed by atoms with Gasteiger partial charge < -0.3 is 5.32 Å². The van der Waals surface area contributed by atoms with Crippen molar-refractivity contribution in [3.63, 3.8) is 0 Å². The van der Waals surface area contributed by atoms with Crippen LogP contribution in [0.2, 0.25) is 0 Å². The van der Waals surface area contributed by atoms with Crippen molar-refractivity contribution in [2.75, 3.05) is 25.4 Å². The highest BCUT2D eigenvalue weighted by atomic mass is 32.2. The number of nitrogens with zero attached hydrogens (tertiary/aromatic N) is 1. The van der Waals surface area contributed by atoms with Crippen LogP contribution < -0.4 is 5.32 Å². The van der Waals surface area contributed by atoms with Crippen LogP contribution >= 0.6 is 0 Å². The molecule has 1 heterocycles. The van der Waals surface area contributed by atoms with Crippen molar-refractivity contribution in [3.05, 3.63) is 0 Å². The first-order valence-electron chi connectivity index (χ1n) is 5.43. The minimum absolute atomic E-state index is 0.0751. The molecule has 1 rings (SSSR count). The molecule has 90 valence electrons. The summed E-state index contributed by atoms with van der Waals surface area (Å²) in [6.45, 7) is 9.93. The summed E-state index contributed by atoms with van der Waals surface area (Å²) in [6, 6.07) is 0.0751. The standard InChI is InChI=1S/C10H22N2O2S/c1-9-7-11-5-6-12(9)15(13,14)8-10(2,3)4/h9,11H,5-8H2,1-4H3/t9-/m0/s1. The maximum absolute atomic E-state index is 12.1. The molecule has 0 aromatic heterocycles. The molecule has 4 nitrogen and oxygen atoms in total. The van der Waals surface area contributed by atoms with Gasteiger partial charge in [0.2, 0.25) is 10.0 Å². The molecule has 0 aromatic rings. The van der Waals surface area contributed by atoms with E-state index in [4.69, 9.17) is 0 Å². The largest absolute Gasteiger partial charge is 0.314 e. The van der Waals surface area contributed by atoms with Gasteiger partial charge in [0.15, 0.2) is 0 Å². The summed E-state index contributed by atoms with van der Waals surface area (Å²) in [5.74, 6) is 0.227. The van der Waals surface area contributed by atoms with Crippen LogP contribution in [-0.2, 0) is 10.0 Å². The highest BCUT2D eigenvalue weighted by Crippen LogP contribution is 2.20. The second-order valence-corrected chi connectivity index (χ2v) is 7.40. The average molecular weight is 234 g/mol. The van der Waals surface area contributed by atoms with Crippen LogP contribution in [0.1, 0.15) is 27.7 Å². The third kappa shape index (κ3) is 3.74. The first kappa shape index (κ1) is 12.9. The Kier molecular flexibility index (Phi) is 3.79. The van der Waals surface area contributed by atoms with E-state index < -0.39 is 10.0 Å². The topological polar surface area (TPSA) is 49.4 Å². The van der Waals surface area contributed by atoms with E-state index in [0.29, 0.717) is 6.54 Å². The van der Waals surface area contributed by atoms with Crippen LogP contribution in [0.15, 0.2) is 0 Å². The van der Waals surface area contributed by atoms with E-state index in [2.05, 4.69) is 5.32 Å². The minimum Gasteiger partial charge on any atom is -0.314 e. The zero-order valence-electron chi connectivity index (χ0n) is 10.1. The van der Waals surface area contributed by atoms with Crippen molar-refractivity contribution < 1.29 is 8.42 Å². The first-order chi connectivity index (χ1) is 6.72. The van der Waals surface area contributed by atoms with E-state index in [0.717, 1.165) is 13.1 Å². The van der Waals surface area contributed by atoms with Crippen LogP contribution in [-0.4, -0.2) is 44.2 Å². The van der Waals surface area contributed by atoms with Gasteiger partial charge in [-0.1, -0.05) is 20.8 Å². The lowest BCUT2D eigenvalue weighted by molar-refractivity contribution is 0.279. The van der Waals surface area contributed by atoms with Gasteiger partial charge in [0.05, 0.1) is 5.75 Å². The van der Waals surface area contributed by atoms with Gasteiger partial charge in [-0.05, 0) is 12.3 Å². The van der Waals surface area contributed by atoms with Crippen molar-refractivity contribution in [2.45, 2.75) is 33.7 Å². The second kappa shape index (κ2) is 4.39. The van der Waals surface area contributed by atoms with Crippen LogP contribution in [0.3, 0.4) is 0 Å². The maximum atomic E-state index is 12.1. The van der Waals surface area contributed by atoms with Crippen molar-refractivity contribution in [3.8, 4) is 0 Å². The molecule has 15 heavy (non-hydrogen) atoms. The summed E-state index contributed by atoms with van der Waals surface area (Å²) in [6.07, 6.45) is 0. The molecule has 0 unspecified atom stereocenters. The van der Waals surface area contributed by atoms with Crippen LogP contribution in [0.4, 0.5) is 0 Å².